The number of pyridine rings is 1. The molecule has 3 aromatic rings. The van der Waals surface area contributed by atoms with Crippen molar-refractivity contribution in [2.75, 3.05) is 5.32 Å². The highest BCUT2D eigenvalue weighted by Gasteiger charge is 2.20. The second-order valence-electron chi connectivity index (χ2n) is 5.25. The first-order chi connectivity index (χ1) is 12.0. The summed E-state index contributed by atoms with van der Waals surface area (Å²) in [4.78, 5) is 26.3. The normalized spacial score (nSPS) is 11.9. The number of nitrogens with zero attached hydrogens (tertiary/aromatic N) is 2. The summed E-state index contributed by atoms with van der Waals surface area (Å²) in [7, 11) is 0. The van der Waals surface area contributed by atoms with Crippen molar-refractivity contribution in [3.05, 3.63) is 70.4 Å². The van der Waals surface area contributed by atoms with E-state index in [9.17, 15) is 25.1 Å². The number of nitrogens with one attached hydrogen (secondary N) is 1. The maximum absolute atomic E-state index is 12.2. The van der Waals surface area contributed by atoms with Crippen molar-refractivity contribution in [2.24, 2.45) is 0 Å². The summed E-state index contributed by atoms with van der Waals surface area (Å²) in [6.45, 7) is 0. The van der Waals surface area contributed by atoms with Crippen LogP contribution in [-0.4, -0.2) is 32.1 Å². The standard InChI is InChI=1S/C17H13N3O5/c21-15(11-3-6-12(7-4-11)20(24)25)17(23)19-13-8-5-10-2-1-9-18-14(10)16(13)22/h1-9,17,19,22-23H. The lowest BCUT2D eigenvalue weighted by Crippen LogP contribution is -2.29. The van der Waals surface area contributed by atoms with E-state index in [0.717, 1.165) is 0 Å². The van der Waals surface area contributed by atoms with Crippen LogP contribution < -0.4 is 5.32 Å². The Morgan fingerprint density at radius 2 is 1.88 bits per heavy atom. The van der Waals surface area contributed by atoms with E-state index in [2.05, 4.69) is 10.3 Å². The molecule has 3 N–H and O–H groups in total. The van der Waals surface area contributed by atoms with Crippen molar-refractivity contribution in [2.45, 2.75) is 6.23 Å². The number of fused-ring (bicyclic) bond motifs is 1. The van der Waals surface area contributed by atoms with Crippen LogP contribution in [0.4, 0.5) is 11.4 Å². The van der Waals surface area contributed by atoms with Gasteiger partial charge in [-0.05, 0) is 24.3 Å². The number of aliphatic hydroxyl groups excluding tert-OH is 1. The Balaban J connectivity index is 1.81. The van der Waals surface area contributed by atoms with Crippen LogP contribution in [0.25, 0.3) is 10.9 Å². The van der Waals surface area contributed by atoms with E-state index in [1.165, 1.54) is 36.5 Å². The number of phenols is 1. The third-order valence-electron chi connectivity index (χ3n) is 3.65. The van der Waals surface area contributed by atoms with Crippen LogP contribution in [0.3, 0.4) is 0 Å². The molecule has 1 aromatic heterocycles. The van der Waals surface area contributed by atoms with Gasteiger partial charge >= 0.3 is 0 Å². The number of phenolic OH excluding ortho intramolecular Hbond substituents is 1. The minimum absolute atomic E-state index is 0.101. The zero-order valence-electron chi connectivity index (χ0n) is 12.8. The lowest BCUT2D eigenvalue weighted by Gasteiger charge is -2.15. The number of non-ortho nitro benzene ring substituents is 1. The molecule has 1 unspecified atom stereocenters. The van der Waals surface area contributed by atoms with E-state index < -0.39 is 16.9 Å². The topological polar surface area (TPSA) is 126 Å². The summed E-state index contributed by atoms with van der Waals surface area (Å²) in [6.07, 6.45) is -0.113. The Kier molecular flexibility index (Phi) is 4.27. The Labute approximate surface area is 141 Å². The Morgan fingerprint density at radius 3 is 2.56 bits per heavy atom. The summed E-state index contributed by atoms with van der Waals surface area (Å²) >= 11 is 0. The molecule has 8 nitrogen and oxygen atoms in total. The first kappa shape index (κ1) is 16.3. The summed E-state index contributed by atoms with van der Waals surface area (Å²) in [6, 6.07) is 11.6. The maximum Gasteiger partial charge on any atom is 0.269 e. The smallest absolute Gasteiger partial charge is 0.269 e. The van der Waals surface area contributed by atoms with Crippen LogP contribution >= 0.6 is 0 Å². The quantitative estimate of drug-likeness (QED) is 0.214. The number of aliphatic hydroxyl groups is 1. The predicted molar refractivity (Wildman–Crippen MR) is 90.5 cm³/mol. The number of nitro groups is 1. The monoisotopic (exact) mass is 339 g/mol. The Morgan fingerprint density at radius 1 is 1.16 bits per heavy atom. The molecule has 0 spiro atoms. The van der Waals surface area contributed by atoms with Gasteiger partial charge in [-0.25, -0.2) is 0 Å². The van der Waals surface area contributed by atoms with Gasteiger partial charge < -0.3 is 15.5 Å². The molecule has 0 aliphatic heterocycles. The number of hydrogen-bond donors (Lipinski definition) is 3. The second kappa shape index (κ2) is 6.54. The van der Waals surface area contributed by atoms with E-state index >= 15 is 0 Å². The fourth-order valence-corrected chi connectivity index (χ4v) is 2.36. The largest absolute Gasteiger partial charge is 0.504 e. The Hall–Kier alpha value is -3.52. The number of carbonyl (C=O) groups is 1. The lowest BCUT2D eigenvalue weighted by atomic mass is 10.1. The first-order valence-corrected chi connectivity index (χ1v) is 7.27. The molecular formula is C17H13N3O5. The second-order valence-corrected chi connectivity index (χ2v) is 5.25. The molecule has 1 atom stereocenters. The number of nitro benzene ring substituents is 1. The third kappa shape index (κ3) is 3.24. The van der Waals surface area contributed by atoms with Gasteiger partial charge in [-0.15, -0.1) is 0 Å². The van der Waals surface area contributed by atoms with Crippen LogP contribution in [0.15, 0.2) is 54.7 Å². The van der Waals surface area contributed by atoms with E-state index in [1.54, 1.807) is 18.2 Å². The molecule has 8 heteroatoms. The highest BCUT2D eigenvalue weighted by Crippen LogP contribution is 2.31. The summed E-state index contributed by atoms with van der Waals surface area (Å²) in [5.41, 5.74) is 0.428. The van der Waals surface area contributed by atoms with Gasteiger partial charge in [0.1, 0.15) is 5.52 Å². The molecule has 1 heterocycles. The maximum atomic E-state index is 12.2. The van der Waals surface area contributed by atoms with Gasteiger partial charge in [0.25, 0.3) is 5.69 Å². The summed E-state index contributed by atoms with van der Waals surface area (Å²) in [5, 5.41) is 34.2. The molecule has 0 saturated carbocycles. The van der Waals surface area contributed by atoms with Crippen molar-refractivity contribution < 1.29 is 19.9 Å². The summed E-state index contributed by atoms with van der Waals surface area (Å²) in [5.74, 6) is -0.871. The van der Waals surface area contributed by atoms with Gasteiger partial charge in [0.15, 0.2) is 12.0 Å². The number of rotatable bonds is 5. The van der Waals surface area contributed by atoms with Crippen LogP contribution in [0.5, 0.6) is 5.75 Å². The van der Waals surface area contributed by atoms with Crippen molar-refractivity contribution in [1.82, 2.24) is 4.98 Å². The highest BCUT2D eigenvalue weighted by molar-refractivity contribution is 6.01. The molecule has 0 radical (unpaired) electrons. The fraction of sp³-hybridized carbons (Fsp3) is 0.0588. The predicted octanol–water partition coefficient (Wildman–Crippen LogP) is 2.46. The van der Waals surface area contributed by atoms with Gasteiger partial charge in [0.05, 0.1) is 10.6 Å². The third-order valence-corrected chi connectivity index (χ3v) is 3.65. The van der Waals surface area contributed by atoms with Crippen LogP contribution in [0.1, 0.15) is 10.4 Å². The van der Waals surface area contributed by atoms with E-state index in [-0.39, 0.29) is 22.7 Å². The Bertz CT molecular complexity index is 956. The molecule has 0 fully saturated rings. The highest BCUT2D eigenvalue weighted by atomic mass is 16.6. The average molecular weight is 339 g/mol. The minimum Gasteiger partial charge on any atom is -0.504 e. The van der Waals surface area contributed by atoms with E-state index in [4.69, 9.17) is 0 Å². The molecular weight excluding hydrogens is 326 g/mol. The molecule has 126 valence electrons. The number of ketones is 1. The van der Waals surface area contributed by atoms with Crippen molar-refractivity contribution >= 4 is 28.1 Å². The van der Waals surface area contributed by atoms with Gasteiger partial charge in [-0.1, -0.05) is 12.1 Å². The van der Waals surface area contributed by atoms with Gasteiger partial charge in [-0.3, -0.25) is 19.9 Å². The van der Waals surface area contributed by atoms with Crippen LogP contribution in [0.2, 0.25) is 0 Å². The van der Waals surface area contributed by atoms with Gasteiger partial charge in [0, 0.05) is 29.3 Å². The molecule has 25 heavy (non-hydrogen) atoms. The first-order valence-electron chi connectivity index (χ1n) is 7.27. The van der Waals surface area contributed by atoms with Crippen LogP contribution in [0, 0.1) is 10.1 Å². The average Bonchev–Trinajstić information content (AvgIpc) is 2.63. The zero-order chi connectivity index (χ0) is 18.0. The summed E-state index contributed by atoms with van der Waals surface area (Å²) < 4.78 is 0. The minimum atomic E-state index is -1.63. The number of carbonyl (C=O) groups excluding carboxylic acids is 1. The molecule has 0 amide bonds. The number of Topliss-reactive ketones (excluding diaryl/α,β-unsaturated/α-hetero) is 1. The lowest BCUT2D eigenvalue weighted by molar-refractivity contribution is -0.384. The number of aromatic hydroxyl groups is 1. The zero-order valence-corrected chi connectivity index (χ0v) is 12.8. The molecule has 0 aliphatic rings. The molecule has 0 aliphatic carbocycles. The molecule has 2 aromatic carbocycles. The SMILES string of the molecule is O=C(c1ccc([N+](=O)[O-])cc1)C(O)Nc1ccc2cccnc2c1O. The van der Waals surface area contributed by atoms with Gasteiger partial charge in [0.2, 0.25) is 5.78 Å². The van der Waals surface area contributed by atoms with Crippen molar-refractivity contribution in [3.63, 3.8) is 0 Å². The number of aromatic nitrogens is 1. The van der Waals surface area contributed by atoms with E-state index in [0.29, 0.717) is 10.9 Å². The fourth-order valence-electron chi connectivity index (χ4n) is 2.36. The van der Waals surface area contributed by atoms with Crippen molar-refractivity contribution in [3.8, 4) is 5.75 Å². The van der Waals surface area contributed by atoms with Gasteiger partial charge in [-0.2, -0.15) is 0 Å². The van der Waals surface area contributed by atoms with Crippen molar-refractivity contribution in [1.29, 1.82) is 0 Å². The number of benzene rings is 2. The van der Waals surface area contributed by atoms with Crippen LogP contribution in [-0.2, 0) is 0 Å². The molecule has 0 bridgehead atoms. The number of hydrogen-bond acceptors (Lipinski definition) is 7. The molecule has 0 saturated heterocycles. The number of anilines is 1. The molecule has 3 rings (SSSR count). The van der Waals surface area contributed by atoms with E-state index in [1.807, 2.05) is 0 Å².